The molecule has 14 nitrogen and oxygen atoms in total. The Labute approximate surface area is 214 Å². The van der Waals surface area contributed by atoms with Crippen molar-refractivity contribution in [1.82, 2.24) is 15.5 Å². The second kappa shape index (κ2) is 14.9. The van der Waals surface area contributed by atoms with Crippen molar-refractivity contribution in [3.05, 3.63) is 29.8 Å². The number of nitrogens with one attached hydrogen (secondary N) is 2. The number of guanidine groups is 1. The molecule has 0 spiro atoms. The number of primary amides is 2. The number of phenolic OH excluding ortho intramolecular Hbond substituents is 1. The summed E-state index contributed by atoms with van der Waals surface area (Å²) < 4.78 is 0. The molecule has 14 heteroatoms. The molecule has 0 aliphatic rings. The Morgan fingerprint density at radius 3 is 2.11 bits per heavy atom. The lowest BCUT2D eigenvalue weighted by Crippen LogP contribution is -2.57. The maximum absolute atomic E-state index is 13.3. The van der Waals surface area contributed by atoms with Gasteiger partial charge in [-0.25, -0.2) is 0 Å². The number of carbonyl (C=O) groups excluding carboxylic acids is 5. The molecule has 204 valence electrons. The molecule has 1 aromatic rings. The van der Waals surface area contributed by atoms with E-state index in [9.17, 15) is 29.1 Å². The minimum atomic E-state index is -1.11. The summed E-state index contributed by atoms with van der Waals surface area (Å²) in [6.45, 7) is 1.39. The van der Waals surface area contributed by atoms with E-state index in [2.05, 4.69) is 15.6 Å². The van der Waals surface area contributed by atoms with Gasteiger partial charge in [-0.1, -0.05) is 12.1 Å². The molecule has 0 aliphatic heterocycles. The Kier molecular flexibility index (Phi) is 12.4. The predicted octanol–water partition coefficient (Wildman–Crippen LogP) is -2.44. The highest BCUT2D eigenvalue weighted by molar-refractivity contribution is 5.94. The van der Waals surface area contributed by atoms with Gasteiger partial charge in [0.15, 0.2) is 5.96 Å². The van der Waals surface area contributed by atoms with Crippen LogP contribution in [0.5, 0.6) is 5.75 Å². The van der Waals surface area contributed by atoms with E-state index in [4.69, 9.17) is 22.9 Å². The van der Waals surface area contributed by atoms with Gasteiger partial charge in [0.25, 0.3) is 0 Å². The SMILES string of the molecule is CC(=O)N[C@@H](CCC(N)=O)C(=O)N(C)[C@@H](CCCN=C(N)N)C(=O)N[C@@H](Cc1ccc(O)cc1)C(N)=O. The van der Waals surface area contributed by atoms with Crippen LogP contribution in [0.3, 0.4) is 0 Å². The zero-order chi connectivity index (χ0) is 28.1. The van der Waals surface area contributed by atoms with Crippen LogP contribution >= 0.6 is 0 Å². The molecule has 0 saturated heterocycles. The van der Waals surface area contributed by atoms with Gasteiger partial charge in [-0.05, 0) is 37.0 Å². The third-order valence-corrected chi connectivity index (χ3v) is 5.44. The van der Waals surface area contributed by atoms with E-state index in [1.54, 1.807) is 12.1 Å². The highest BCUT2D eigenvalue weighted by Gasteiger charge is 2.33. The molecule has 0 aromatic heterocycles. The number of nitrogens with two attached hydrogens (primary N) is 4. The Morgan fingerprint density at radius 2 is 1.59 bits per heavy atom. The zero-order valence-corrected chi connectivity index (χ0v) is 21.0. The molecular weight excluding hydrogens is 484 g/mol. The smallest absolute Gasteiger partial charge is 0.245 e. The van der Waals surface area contributed by atoms with Crippen LogP contribution in [0.25, 0.3) is 0 Å². The lowest BCUT2D eigenvalue weighted by atomic mass is 10.0. The molecular formula is C23H36N8O6. The van der Waals surface area contributed by atoms with Crippen molar-refractivity contribution in [2.45, 2.75) is 57.2 Å². The number of hydrogen-bond acceptors (Lipinski definition) is 7. The largest absolute Gasteiger partial charge is 0.508 e. The van der Waals surface area contributed by atoms with Crippen molar-refractivity contribution in [2.24, 2.45) is 27.9 Å². The Bertz CT molecular complexity index is 993. The number of nitrogens with zero attached hydrogens (tertiary/aromatic N) is 2. The minimum absolute atomic E-state index is 0.0365. The first-order chi connectivity index (χ1) is 17.3. The number of rotatable bonds is 15. The molecule has 0 heterocycles. The van der Waals surface area contributed by atoms with Crippen molar-refractivity contribution in [2.75, 3.05) is 13.6 Å². The van der Waals surface area contributed by atoms with Crippen LogP contribution in [-0.4, -0.2) is 77.2 Å². The number of aliphatic imine (C=N–C) groups is 1. The topological polar surface area (TPSA) is 249 Å². The fraction of sp³-hybridized carbons (Fsp3) is 0.478. The summed E-state index contributed by atoms with van der Waals surface area (Å²) in [4.78, 5) is 66.5. The number of aromatic hydroxyl groups is 1. The van der Waals surface area contributed by atoms with Crippen LogP contribution in [0.2, 0.25) is 0 Å². The van der Waals surface area contributed by atoms with Gasteiger partial charge in [-0.2, -0.15) is 0 Å². The van der Waals surface area contributed by atoms with Gasteiger partial charge in [0.05, 0.1) is 0 Å². The highest BCUT2D eigenvalue weighted by atomic mass is 16.3. The van der Waals surface area contributed by atoms with E-state index < -0.39 is 47.7 Å². The molecule has 37 heavy (non-hydrogen) atoms. The summed E-state index contributed by atoms with van der Waals surface area (Å²) in [5.41, 5.74) is 22.0. The molecule has 0 unspecified atom stereocenters. The third-order valence-electron chi connectivity index (χ3n) is 5.44. The second-order valence-electron chi connectivity index (χ2n) is 8.51. The van der Waals surface area contributed by atoms with Crippen LogP contribution in [-0.2, 0) is 30.4 Å². The average Bonchev–Trinajstić information content (AvgIpc) is 2.81. The lowest BCUT2D eigenvalue weighted by Gasteiger charge is -2.31. The maximum Gasteiger partial charge on any atom is 0.245 e. The van der Waals surface area contributed by atoms with Gasteiger partial charge < -0.3 is 43.6 Å². The Hall–Kier alpha value is -4.36. The quantitative estimate of drug-likeness (QED) is 0.0741. The normalized spacial score (nSPS) is 12.9. The minimum Gasteiger partial charge on any atom is -0.508 e. The summed E-state index contributed by atoms with van der Waals surface area (Å²) in [6, 6.07) is 2.72. The number of phenols is 1. The van der Waals surface area contributed by atoms with E-state index in [-0.39, 0.29) is 43.9 Å². The molecule has 1 aromatic carbocycles. The van der Waals surface area contributed by atoms with Crippen LogP contribution in [0.1, 0.15) is 38.2 Å². The molecule has 0 bridgehead atoms. The van der Waals surface area contributed by atoms with Crippen molar-refractivity contribution >= 4 is 35.5 Å². The fourth-order valence-electron chi connectivity index (χ4n) is 3.54. The van der Waals surface area contributed by atoms with Gasteiger partial charge in [0.2, 0.25) is 29.5 Å². The summed E-state index contributed by atoms with van der Waals surface area (Å²) in [6.07, 6.45) is 0.233. The monoisotopic (exact) mass is 520 g/mol. The molecule has 0 aliphatic carbocycles. The summed E-state index contributed by atoms with van der Waals surface area (Å²) in [5.74, 6) is -3.36. The van der Waals surface area contributed by atoms with E-state index in [0.717, 1.165) is 4.90 Å². The molecule has 0 saturated carbocycles. The molecule has 5 amide bonds. The van der Waals surface area contributed by atoms with E-state index in [0.29, 0.717) is 12.0 Å². The van der Waals surface area contributed by atoms with Crippen LogP contribution in [0, 0.1) is 0 Å². The number of likely N-dealkylation sites (N-methyl/N-ethyl adjacent to an activating group) is 1. The first-order valence-electron chi connectivity index (χ1n) is 11.6. The Morgan fingerprint density at radius 1 is 0.973 bits per heavy atom. The molecule has 3 atom stereocenters. The first-order valence-corrected chi connectivity index (χ1v) is 11.6. The number of carbonyl (C=O) groups is 5. The molecule has 0 fully saturated rings. The zero-order valence-electron chi connectivity index (χ0n) is 21.0. The molecule has 1 rings (SSSR count). The molecule has 11 N–H and O–H groups in total. The van der Waals surface area contributed by atoms with Crippen LogP contribution in [0.4, 0.5) is 0 Å². The maximum atomic E-state index is 13.3. The summed E-state index contributed by atoms with van der Waals surface area (Å²) in [7, 11) is 1.37. The third kappa shape index (κ3) is 11.3. The van der Waals surface area contributed by atoms with E-state index >= 15 is 0 Å². The summed E-state index contributed by atoms with van der Waals surface area (Å²) in [5, 5.41) is 14.5. The van der Waals surface area contributed by atoms with Crippen molar-refractivity contribution in [3.8, 4) is 5.75 Å². The van der Waals surface area contributed by atoms with E-state index in [1.807, 2.05) is 0 Å². The lowest BCUT2D eigenvalue weighted by molar-refractivity contribution is -0.142. The van der Waals surface area contributed by atoms with Crippen molar-refractivity contribution in [1.29, 1.82) is 0 Å². The van der Waals surface area contributed by atoms with Gasteiger partial charge in [0, 0.05) is 33.4 Å². The molecule has 0 radical (unpaired) electrons. The predicted molar refractivity (Wildman–Crippen MR) is 135 cm³/mol. The number of amides is 5. The van der Waals surface area contributed by atoms with Crippen molar-refractivity contribution < 1.29 is 29.1 Å². The van der Waals surface area contributed by atoms with Crippen molar-refractivity contribution in [3.63, 3.8) is 0 Å². The highest BCUT2D eigenvalue weighted by Crippen LogP contribution is 2.14. The van der Waals surface area contributed by atoms with Gasteiger partial charge in [0.1, 0.15) is 23.9 Å². The van der Waals surface area contributed by atoms with Gasteiger partial charge in [-0.3, -0.25) is 29.0 Å². The standard InChI is InChI=1S/C23H36N8O6/c1-13(32)29-16(9-10-19(24)34)22(37)31(2)18(4-3-11-28-23(26)27)21(36)30-17(20(25)35)12-14-5-7-15(33)8-6-14/h5-8,16-18,33H,3-4,9-12H2,1-2H3,(H2,24,34)(H2,25,35)(H,29,32)(H,30,36)(H4,26,27,28)/t16-,17-,18-/m0/s1. The first kappa shape index (κ1) is 30.7. The van der Waals surface area contributed by atoms with Crippen LogP contribution < -0.4 is 33.6 Å². The Balaban J connectivity index is 3.14. The average molecular weight is 521 g/mol. The van der Waals surface area contributed by atoms with E-state index in [1.165, 1.54) is 26.1 Å². The summed E-state index contributed by atoms with van der Waals surface area (Å²) >= 11 is 0. The fourth-order valence-corrected chi connectivity index (χ4v) is 3.54. The number of hydrogen-bond donors (Lipinski definition) is 7. The van der Waals surface area contributed by atoms with Gasteiger partial charge >= 0.3 is 0 Å². The van der Waals surface area contributed by atoms with Gasteiger partial charge in [-0.15, -0.1) is 0 Å². The number of benzene rings is 1. The second-order valence-corrected chi connectivity index (χ2v) is 8.51. The van der Waals surface area contributed by atoms with Crippen LogP contribution in [0.15, 0.2) is 29.3 Å².